The van der Waals surface area contributed by atoms with Crippen LogP contribution in [-0.4, -0.2) is 76.2 Å². The first-order valence-electron chi connectivity index (χ1n) is 19.3. The SMILES string of the molecule is Cc1nn(C)c2cc(-c3ccc4nnn(Cc5ccc6ncccc6c5)c4n3)ccc12.[O-][n+]1cccc2cc(Cn3nnc4ccc(-c5cnn(CCO)c5)nc43)ccc21. The van der Waals surface area contributed by atoms with E-state index in [1.54, 1.807) is 21.6 Å². The van der Waals surface area contributed by atoms with Crippen LogP contribution in [0.25, 0.3) is 77.6 Å². The van der Waals surface area contributed by atoms with E-state index in [9.17, 15) is 5.21 Å². The number of hydrogen-bond acceptors (Lipinski definition) is 11. The van der Waals surface area contributed by atoms with Crippen molar-refractivity contribution >= 4 is 55.0 Å². The summed E-state index contributed by atoms with van der Waals surface area (Å²) in [5.41, 5.74) is 12.3. The predicted octanol–water partition coefficient (Wildman–Crippen LogP) is 5.80. The third-order valence-corrected chi connectivity index (χ3v) is 10.5. The van der Waals surface area contributed by atoms with Gasteiger partial charge in [-0.1, -0.05) is 40.8 Å². The fourth-order valence-corrected chi connectivity index (χ4v) is 7.47. The summed E-state index contributed by atoms with van der Waals surface area (Å²) in [5, 5.41) is 49.9. The van der Waals surface area contributed by atoms with E-state index in [1.165, 1.54) is 6.20 Å². The van der Waals surface area contributed by atoms with Gasteiger partial charge in [0.05, 0.1) is 60.6 Å². The van der Waals surface area contributed by atoms with Crippen molar-refractivity contribution in [3.63, 3.8) is 0 Å². The summed E-state index contributed by atoms with van der Waals surface area (Å²) < 4.78 is 8.03. The first-order valence-corrected chi connectivity index (χ1v) is 19.3. The average molecular weight is 793 g/mol. The van der Waals surface area contributed by atoms with E-state index in [-0.39, 0.29) is 6.61 Å². The smallest absolute Gasteiger partial charge is 0.223 e. The van der Waals surface area contributed by atoms with Crippen LogP contribution in [0.4, 0.5) is 0 Å². The van der Waals surface area contributed by atoms with Gasteiger partial charge in [0.15, 0.2) is 17.5 Å². The Bertz CT molecular complexity index is 3360. The van der Waals surface area contributed by atoms with Gasteiger partial charge in [-0.3, -0.25) is 14.3 Å². The monoisotopic (exact) mass is 792 g/mol. The number of aliphatic hydroxyl groups excluding tert-OH is 1. The first kappa shape index (κ1) is 36.4. The Balaban J connectivity index is 0.000000145. The molecular weight excluding hydrogens is 757 g/mol. The summed E-state index contributed by atoms with van der Waals surface area (Å²) in [6.45, 7) is 3.58. The summed E-state index contributed by atoms with van der Waals surface area (Å²) in [5.74, 6) is 0. The summed E-state index contributed by atoms with van der Waals surface area (Å²) in [7, 11) is 1.97. The standard InChI is InChI=1S/C24H19N7.C20H17N7O2/c1-15-19-7-6-18(13-23(19)30(2)28-15)21-9-10-22-24(26-21)31(29-27-22)14-16-5-8-20-17(12-16)4-3-11-25-20;28-9-8-25-13-16(11-21-25)17-4-5-18-20(22-17)26(24-23-18)12-14-3-6-19-15(10-14)2-1-7-27(19)29/h3-13H,14H2,1-2H3;1-7,10-11,13,28H,8-9,12H2. The lowest BCUT2D eigenvalue weighted by atomic mass is 10.1. The highest BCUT2D eigenvalue weighted by Gasteiger charge is 2.14. The van der Waals surface area contributed by atoms with Crippen LogP contribution in [-0.2, 0) is 26.7 Å². The lowest BCUT2D eigenvalue weighted by molar-refractivity contribution is -0.577. The van der Waals surface area contributed by atoms with Crippen LogP contribution in [0.3, 0.4) is 0 Å². The molecule has 0 saturated carbocycles. The molecule has 0 bridgehead atoms. The van der Waals surface area contributed by atoms with Gasteiger partial charge >= 0.3 is 0 Å². The minimum absolute atomic E-state index is 0.0301. The third-order valence-electron chi connectivity index (χ3n) is 10.5. The van der Waals surface area contributed by atoms with Crippen LogP contribution < -0.4 is 4.73 Å². The molecule has 0 fully saturated rings. The molecule has 11 rings (SSSR count). The number of nitrogens with zero attached hydrogens (tertiary/aromatic N) is 14. The molecule has 0 aliphatic heterocycles. The van der Waals surface area contributed by atoms with Crippen LogP contribution in [0.15, 0.2) is 128 Å². The number of pyridine rings is 4. The maximum absolute atomic E-state index is 11.9. The Morgan fingerprint density at radius 3 is 2.15 bits per heavy atom. The molecule has 0 aliphatic rings. The molecule has 8 aromatic heterocycles. The maximum atomic E-state index is 11.9. The summed E-state index contributed by atoms with van der Waals surface area (Å²) in [6, 6.07) is 33.7. The van der Waals surface area contributed by atoms with Crippen molar-refractivity contribution in [2.24, 2.45) is 7.05 Å². The van der Waals surface area contributed by atoms with E-state index in [0.717, 1.165) is 82.4 Å². The molecule has 294 valence electrons. The molecule has 0 amide bonds. The molecule has 0 spiro atoms. The van der Waals surface area contributed by atoms with E-state index in [4.69, 9.17) is 15.1 Å². The molecule has 16 nitrogen and oxygen atoms in total. The molecule has 60 heavy (non-hydrogen) atoms. The quantitative estimate of drug-likeness (QED) is 0.145. The molecule has 0 aliphatic carbocycles. The van der Waals surface area contributed by atoms with Gasteiger partial charge in [-0.05, 0) is 78.7 Å². The minimum atomic E-state index is 0.0301. The van der Waals surface area contributed by atoms with Crippen LogP contribution in [0.5, 0.6) is 0 Å². The molecule has 8 heterocycles. The Kier molecular flexibility index (Phi) is 9.14. The number of aromatic nitrogens is 14. The third kappa shape index (κ3) is 6.90. The number of benzene rings is 3. The highest BCUT2D eigenvalue weighted by Crippen LogP contribution is 2.27. The predicted molar refractivity (Wildman–Crippen MR) is 226 cm³/mol. The Morgan fingerprint density at radius 2 is 1.40 bits per heavy atom. The minimum Gasteiger partial charge on any atom is -0.618 e. The lowest BCUT2D eigenvalue weighted by Crippen LogP contribution is -2.25. The highest BCUT2D eigenvalue weighted by molar-refractivity contribution is 5.87. The molecule has 0 saturated heterocycles. The Morgan fingerprint density at radius 1 is 0.717 bits per heavy atom. The van der Waals surface area contributed by atoms with Crippen molar-refractivity contribution in [2.45, 2.75) is 26.6 Å². The first-order chi connectivity index (χ1) is 29.4. The summed E-state index contributed by atoms with van der Waals surface area (Å²) in [4.78, 5) is 14.0. The van der Waals surface area contributed by atoms with Gasteiger partial charge < -0.3 is 10.3 Å². The number of fused-ring (bicyclic) bond motifs is 5. The van der Waals surface area contributed by atoms with Crippen molar-refractivity contribution in [3.8, 4) is 22.5 Å². The molecule has 11 aromatic rings. The van der Waals surface area contributed by atoms with Crippen molar-refractivity contribution in [3.05, 3.63) is 150 Å². The summed E-state index contributed by atoms with van der Waals surface area (Å²) >= 11 is 0. The zero-order valence-corrected chi connectivity index (χ0v) is 32.6. The molecular formula is C44H36N14O2. The highest BCUT2D eigenvalue weighted by atomic mass is 16.5. The van der Waals surface area contributed by atoms with Gasteiger partial charge in [0.1, 0.15) is 11.0 Å². The van der Waals surface area contributed by atoms with Gasteiger partial charge in [-0.2, -0.15) is 14.9 Å². The second-order valence-corrected chi connectivity index (χ2v) is 14.5. The molecule has 0 atom stereocenters. The van der Waals surface area contributed by atoms with Gasteiger partial charge in [-0.15, -0.1) is 10.2 Å². The second-order valence-electron chi connectivity index (χ2n) is 14.5. The fourth-order valence-electron chi connectivity index (χ4n) is 7.47. The molecule has 3 aromatic carbocycles. The number of aryl methyl sites for hydroxylation is 2. The van der Waals surface area contributed by atoms with E-state index in [1.807, 2.05) is 96.4 Å². The van der Waals surface area contributed by atoms with Crippen molar-refractivity contribution in [2.75, 3.05) is 6.61 Å². The van der Waals surface area contributed by atoms with Gasteiger partial charge in [0.25, 0.3) is 0 Å². The molecule has 0 unspecified atom stereocenters. The van der Waals surface area contributed by atoms with Crippen molar-refractivity contribution in [1.29, 1.82) is 0 Å². The van der Waals surface area contributed by atoms with E-state index in [2.05, 4.69) is 72.2 Å². The fraction of sp³-hybridized carbons (Fsp3) is 0.136. The topological polar surface area (TPSA) is 183 Å². The van der Waals surface area contributed by atoms with Crippen molar-refractivity contribution in [1.82, 2.24) is 64.5 Å². The Hall–Kier alpha value is -7.98. The van der Waals surface area contributed by atoms with E-state index >= 15 is 0 Å². The number of hydrogen-bond donors (Lipinski definition) is 1. The normalized spacial score (nSPS) is 11.6. The van der Waals surface area contributed by atoms with Gasteiger partial charge in [-0.25, -0.2) is 19.3 Å². The Labute approximate surface area is 341 Å². The van der Waals surface area contributed by atoms with E-state index < -0.39 is 0 Å². The number of rotatable bonds is 8. The molecule has 16 heteroatoms. The van der Waals surface area contributed by atoms with Crippen LogP contribution in [0.1, 0.15) is 16.8 Å². The molecule has 1 N–H and O–H groups in total. The largest absolute Gasteiger partial charge is 0.618 e. The van der Waals surface area contributed by atoms with E-state index in [0.29, 0.717) is 36.3 Å². The van der Waals surface area contributed by atoms with Gasteiger partial charge in [0, 0.05) is 58.9 Å². The van der Waals surface area contributed by atoms with Crippen LogP contribution in [0, 0.1) is 12.1 Å². The zero-order valence-electron chi connectivity index (χ0n) is 32.6. The maximum Gasteiger partial charge on any atom is 0.223 e. The zero-order chi connectivity index (χ0) is 40.7. The summed E-state index contributed by atoms with van der Waals surface area (Å²) in [6.07, 6.45) is 6.86. The second kappa shape index (κ2) is 15.1. The lowest BCUT2D eigenvalue weighted by Gasteiger charge is -2.06. The van der Waals surface area contributed by atoms with Crippen LogP contribution in [0.2, 0.25) is 0 Å². The van der Waals surface area contributed by atoms with Gasteiger partial charge in [0.2, 0.25) is 5.52 Å². The number of aliphatic hydroxyl groups is 1. The van der Waals surface area contributed by atoms with Crippen molar-refractivity contribution < 1.29 is 9.84 Å². The average Bonchev–Trinajstić information content (AvgIpc) is 4.07. The van der Waals surface area contributed by atoms with Crippen LogP contribution >= 0.6 is 0 Å². The molecule has 0 radical (unpaired) electrons.